The first kappa shape index (κ1) is 28.7. The van der Waals surface area contributed by atoms with Crippen molar-refractivity contribution in [3.63, 3.8) is 0 Å². The molecule has 4 unspecified atom stereocenters. The molecule has 0 rings (SSSR count). The Morgan fingerprint density at radius 3 is 1.78 bits per heavy atom. The van der Waals surface area contributed by atoms with Gasteiger partial charge in [0.2, 0.25) is 23.6 Å². The number of aliphatic carboxylic acids is 2. The van der Waals surface area contributed by atoms with Crippen LogP contribution in [0.3, 0.4) is 0 Å². The van der Waals surface area contributed by atoms with Crippen molar-refractivity contribution in [2.45, 2.75) is 63.7 Å². The van der Waals surface area contributed by atoms with Crippen LogP contribution in [0.15, 0.2) is 0 Å². The fourth-order valence-corrected chi connectivity index (χ4v) is 2.54. The molecule has 0 aliphatic carbocycles. The quantitative estimate of drug-likeness (QED) is 0.120. The number of nitrogens with two attached hydrogens (primary N) is 2. The molecule has 0 aliphatic heterocycles. The molecule has 4 amide bonds. The molecule has 0 bridgehead atoms. The average Bonchev–Trinajstić information content (AvgIpc) is 2.67. The highest BCUT2D eigenvalue weighted by Gasteiger charge is 2.31. The van der Waals surface area contributed by atoms with Crippen LogP contribution in [-0.4, -0.2) is 81.7 Å². The van der Waals surface area contributed by atoms with E-state index in [1.165, 1.54) is 0 Å². The molecular formula is C18H31N5O9. The third kappa shape index (κ3) is 11.2. The van der Waals surface area contributed by atoms with Crippen molar-refractivity contribution < 1.29 is 44.1 Å². The Labute approximate surface area is 184 Å². The lowest BCUT2D eigenvalue weighted by molar-refractivity contribution is -0.144. The number of rotatable bonds is 15. The Morgan fingerprint density at radius 1 is 0.844 bits per heavy atom. The van der Waals surface area contributed by atoms with E-state index in [1.54, 1.807) is 13.8 Å². The molecule has 0 aromatic heterocycles. The third-order valence-corrected chi connectivity index (χ3v) is 4.18. The molecule has 0 saturated heterocycles. The summed E-state index contributed by atoms with van der Waals surface area (Å²) in [5.74, 6) is -6.70. The number of aliphatic hydroxyl groups excluding tert-OH is 1. The number of carboxylic acids is 2. The molecule has 0 aliphatic rings. The van der Waals surface area contributed by atoms with Crippen LogP contribution < -0.4 is 27.4 Å². The Hall–Kier alpha value is -3.26. The number of carbonyl (C=O) groups excluding carboxylic acids is 4. The van der Waals surface area contributed by atoms with E-state index in [0.29, 0.717) is 0 Å². The van der Waals surface area contributed by atoms with Gasteiger partial charge in [0.25, 0.3) is 0 Å². The van der Waals surface area contributed by atoms with Crippen molar-refractivity contribution in [1.29, 1.82) is 0 Å². The van der Waals surface area contributed by atoms with Gasteiger partial charge in [-0.15, -0.1) is 0 Å². The van der Waals surface area contributed by atoms with Gasteiger partial charge in [0.05, 0.1) is 13.0 Å². The Morgan fingerprint density at radius 2 is 1.34 bits per heavy atom. The molecule has 182 valence electrons. The molecule has 0 aromatic carbocycles. The van der Waals surface area contributed by atoms with E-state index in [2.05, 4.69) is 16.0 Å². The van der Waals surface area contributed by atoms with Gasteiger partial charge < -0.3 is 42.7 Å². The first-order chi connectivity index (χ1) is 14.8. The van der Waals surface area contributed by atoms with Crippen LogP contribution in [-0.2, 0) is 28.8 Å². The normalized spacial score (nSPS) is 14.5. The van der Waals surface area contributed by atoms with Gasteiger partial charge in [0.1, 0.15) is 24.2 Å². The number of primary amides is 1. The second-order valence-electron chi connectivity index (χ2n) is 7.54. The lowest BCUT2D eigenvalue weighted by Gasteiger charge is -2.24. The molecule has 14 nitrogen and oxygen atoms in total. The topological polar surface area (TPSA) is 251 Å². The number of amides is 4. The van der Waals surface area contributed by atoms with Crippen LogP contribution in [0.1, 0.15) is 39.5 Å². The summed E-state index contributed by atoms with van der Waals surface area (Å²) in [6.07, 6.45) is -1.45. The van der Waals surface area contributed by atoms with Crippen molar-refractivity contribution in [3.8, 4) is 0 Å². The van der Waals surface area contributed by atoms with Crippen LogP contribution in [0.25, 0.3) is 0 Å². The second kappa shape index (κ2) is 13.9. The predicted octanol–water partition coefficient (Wildman–Crippen LogP) is -3.37. The van der Waals surface area contributed by atoms with E-state index in [0.717, 1.165) is 0 Å². The lowest BCUT2D eigenvalue weighted by Crippen LogP contribution is -2.58. The maximum Gasteiger partial charge on any atom is 0.326 e. The van der Waals surface area contributed by atoms with Crippen molar-refractivity contribution >= 4 is 35.6 Å². The highest BCUT2D eigenvalue weighted by molar-refractivity contribution is 5.95. The van der Waals surface area contributed by atoms with Gasteiger partial charge >= 0.3 is 11.9 Å². The second-order valence-corrected chi connectivity index (χ2v) is 7.54. The minimum absolute atomic E-state index is 0.0607. The number of carboxylic acid groups (broad SMARTS) is 2. The van der Waals surface area contributed by atoms with Gasteiger partial charge in [-0.1, -0.05) is 13.8 Å². The van der Waals surface area contributed by atoms with Gasteiger partial charge in [-0.05, 0) is 18.8 Å². The number of aliphatic hydroxyl groups is 1. The molecule has 4 atom stereocenters. The summed E-state index contributed by atoms with van der Waals surface area (Å²) < 4.78 is 0. The average molecular weight is 461 g/mol. The van der Waals surface area contributed by atoms with Crippen LogP contribution >= 0.6 is 0 Å². The minimum Gasteiger partial charge on any atom is -0.481 e. The highest BCUT2D eigenvalue weighted by atomic mass is 16.4. The largest absolute Gasteiger partial charge is 0.481 e. The number of nitrogens with one attached hydrogen (secondary N) is 3. The maximum atomic E-state index is 12.6. The van der Waals surface area contributed by atoms with Gasteiger partial charge in [-0.2, -0.15) is 0 Å². The summed E-state index contributed by atoms with van der Waals surface area (Å²) in [5.41, 5.74) is 10.4. The summed E-state index contributed by atoms with van der Waals surface area (Å²) in [4.78, 5) is 70.7. The number of hydrogen-bond donors (Lipinski definition) is 8. The Kier molecular flexibility index (Phi) is 12.5. The van der Waals surface area contributed by atoms with E-state index in [4.69, 9.17) is 21.7 Å². The Bertz CT molecular complexity index is 713. The fraction of sp³-hybridized carbons (Fsp3) is 0.667. The standard InChI is InChI=1S/C18H31N5O9/c1-8(2)5-12(18(31)32)23-17(30)11(6-14(26)27)22-16(29)10(3-4-13(20)25)21-15(28)9(19)7-24/h8-12,24H,3-7,19H2,1-2H3,(H2,20,25)(H,21,28)(H,22,29)(H,23,30)(H,26,27)(H,31,32). The van der Waals surface area contributed by atoms with Crippen LogP contribution in [0.5, 0.6) is 0 Å². The molecule has 0 saturated carbocycles. The fourth-order valence-electron chi connectivity index (χ4n) is 2.54. The molecule has 14 heteroatoms. The Balaban J connectivity index is 5.53. The van der Waals surface area contributed by atoms with E-state index in [9.17, 15) is 33.9 Å². The van der Waals surface area contributed by atoms with E-state index in [1.807, 2.05) is 0 Å². The monoisotopic (exact) mass is 461 g/mol. The summed E-state index contributed by atoms with van der Waals surface area (Å²) in [7, 11) is 0. The molecule has 0 radical (unpaired) electrons. The first-order valence-corrected chi connectivity index (χ1v) is 9.78. The lowest BCUT2D eigenvalue weighted by atomic mass is 10.0. The molecule has 0 aromatic rings. The third-order valence-electron chi connectivity index (χ3n) is 4.18. The smallest absolute Gasteiger partial charge is 0.326 e. The van der Waals surface area contributed by atoms with Gasteiger partial charge in [-0.25, -0.2) is 4.79 Å². The van der Waals surface area contributed by atoms with Crippen molar-refractivity contribution in [2.24, 2.45) is 17.4 Å². The molecule has 0 spiro atoms. The summed E-state index contributed by atoms with van der Waals surface area (Å²) in [5, 5.41) is 33.8. The van der Waals surface area contributed by atoms with Crippen molar-refractivity contribution in [1.82, 2.24) is 16.0 Å². The SMILES string of the molecule is CC(C)CC(NC(=O)C(CC(=O)O)NC(=O)C(CCC(N)=O)NC(=O)C(N)CO)C(=O)O. The molecule has 0 heterocycles. The number of hydrogen-bond acceptors (Lipinski definition) is 8. The highest BCUT2D eigenvalue weighted by Crippen LogP contribution is 2.07. The zero-order chi connectivity index (χ0) is 25.0. The van der Waals surface area contributed by atoms with E-state index >= 15 is 0 Å². The first-order valence-electron chi connectivity index (χ1n) is 9.78. The minimum atomic E-state index is -1.67. The maximum absolute atomic E-state index is 12.6. The number of carbonyl (C=O) groups is 6. The summed E-state index contributed by atoms with van der Waals surface area (Å²) in [6.45, 7) is 2.72. The zero-order valence-electron chi connectivity index (χ0n) is 17.9. The molecule has 32 heavy (non-hydrogen) atoms. The molecule has 10 N–H and O–H groups in total. The van der Waals surface area contributed by atoms with Crippen molar-refractivity contribution in [2.75, 3.05) is 6.61 Å². The zero-order valence-corrected chi connectivity index (χ0v) is 17.9. The summed E-state index contributed by atoms with van der Waals surface area (Å²) in [6, 6.07) is -5.79. The van der Waals surface area contributed by atoms with Crippen LogP contribution in [0.2, 0.25) is 0 Å². The van der Waals surface area contributed by atoms with Gasteiger partial charge in [0, 0.05) is 6.42 Å². The molecule has 0 fully saturated rings. The van der Waals surface area contributed by atoms with E-state index < -0.39 is 72.8 Å². The predicted molar refractivity (Wildman–Crippen MR) is 109 cm³/mol. The van der Waals surface area contributed by atoms with Gasteiger partial charge in [0.15, 0.2) is 0 Å². The molecular weight excluding hydrogens is 430 g/mol. The van der Waals surface area contributed by atoms with Crippen LogP contribution in [0, 0.1) is 5.92 Å². The van der Waals surface area contributed by atoms with Crippen LogP contribution in [0.4, 0.5) is 0 Å². The van der Waals surface area contributed by atoms with Gasteiger partial charge in [-0.3, -0.25) is 24.0 Å². The van der Waals surface area contributed by atoms with Crippen molar-refractivity contribution in [3.05, 3.63) is 0 Å². The van der Waals surface area contributed by atoms with E-state index in [-0.39, 0.29) is 25.2 Å². The summed E-state index contributed by atoms with van der Waals surface area (Å²) >= 11 is 0.